The van der Waals surface area contributed by atoms with Gasteiger partial charge >= 0.3 is 6.18 Å². The van der Waals surface area contributed by atoms with E-state index >= 15 is 0 Å². The Kier molecular flexibility index (Phi) is 6.29. The highest BCUT2D eigenvalue weighted by molar-refractivity contribution is 5.29. The first-order chi connectivity index (χ1) is 9.33. The van der Waals surface area contributed by atoms with E-state index in [1.807, 2.05) is 12.1 Å². The minimum Gasteiger partial charge on any atom is -0.497 e. The molecule has 1 rings (SSSR count). The number of ether oxygens (including phenoxy) is 2. The number of hydrogen-bond acceptors (Lipinski definition) is 3. The highest BCUT2D eigenvalue weighted by Gasteiger charge is 2.26. The summed E-state index contributed by atoms with van der Waals surface area (Å²) in [4.78, 5) is 0. The molecule has 2 atom stereocenters. The second kappa shape index (κ2) is 7.50. The molecule has 0 amide bonds. The summed E-state index contributed by atoms with van der Waals surface area (Å²) in [6.45, 7) is 1.80. The van der Waals surface area contributed by atoms with Crippen molar-refractivity contribution in [3.05, 3.63) is 29.8 Å². The summed E-state index contributed by atoms with van der Waals surface area (Å²) in [5.74, 6) is 0.722. The number of halogens is 3. The van der Waals surface area contributed by atoms with Crippen molar-refractivity contribution >= 4 is 0 Å². The van der Waals surface area contributed by atoms with E-state index in [1.165, 1.54) is 0 Å². The highest BCUT2D eigenvalue weighted by atomic mass is 19.4. The minimum atomic E-state index is -4.13. The van der Waals surface area contributed by atoms with E-state index in [4.69, 9.17) is 15.2 Å². The predicted molar refractivity (Wildman–Crippen MR) is 70.6 cm³/mol. The summed E-state index contributed by atoms with van der Waals surface area (Å²) >= 11 is 0. The van der Waals surface area contributed by atoms with Crippen LogP contribution in [0.2, 0.25) is 0 Å². The van der Waals surface area contributed by atoms with Crippen molar-refractivity contribution in [1.82, 2.24) is 0 Å². The van der Waals surface area contributed by atoms with Gasteiger partial charge in [-0.25, -0.2) is 0 Å². The third-order valence-corrected chi connectivity index (χ3v) is 2.99. The lowest BCUT2D eigenvalue weighted by atomic mass is 10.0. The average Bonchev–Trinajstić information content (AvgIpc) is 2.41. The SMILES string of the molecule is COc1ccc(C(N)C(C)OCCCC(F)(F)F)cc1. The van der Waals surface area contributed by atoms with E-state index in [0.717, 1.165) is 11.3 Å². The summed E-state index contributed by atoms with van der Waals surface area (Å²) in [5, 5.41) is 0. The fourth-order valence-electron chi connectivity index (χ4n) is 1.74. The van der Waals surface area contributed by atoms with Crippen LogP contribution in [0.5, 0.6) is 5.75 Å². The van der Waals surface area contributed by atoms with Crippen LogP contribution in [0.15, 0.2) is 24.3 Å². The Bertz CT molecular complexity index is 392. The first-order valence-corrected chi connectivity index (χ1v) is 6.41. The Morgan fingerprint density at radius 1 is 1.20 bits per heavy atom. The number of hydrogen-bond donors (Lipinski definition) is 1. The molecule has 6 heteroatoms. The molecule has 0 spiro atoms. The number of benzene rings is 1. The molecule has 0 aromatic heterocycles. The van der Waals surface area contributed by atoms with Crippen molar-refractivity contribution in [2.45, 2.75) is 38.1 Å². The van der Waals surface area contributed by atoms with E-state index in [2.05, 4.69) is 0 Å². The van der Waals surface area contributed by atoms with Gasteiger partial charge in [0.2, 0.25) is 0 Å². The lowest BCUT2D eigenvalue weighted by Crippen LogP contribution is -2.27. The Balaban J connectivity index is 2.39. The third kappa shape index (κ3) is 5.79. The standard InChI is InChI=1S/C14H20F3NO2/c1-10(20-9-3-8-14(15,16)17)13(18)11-4-6-12(19-2)7-5-11/h4-7,10,13H,3,8-9,18H2,1-2H3. The van der Waals surface area contributed by atoms with Gasteiger partial charge in [-0.15, -0.1) is 0 Å². The number of nitrogens with two attached hydrogens (primary N) is 1. The zero-order chi connectivity index (χ0) is 15.2. The van der Waals surface area contributed by atoms with Crippen molar-refractivity contribution in [2.75, 3.05) is 13.7 Å². The quantitative estimate of drug-likeness (QED) is 0.783. The zero-order valence-electron chi connectivity index (χ0n) is 11.6. The van der Waals surface area contributed by atoms with Gasteiger partial charge in [0.25, 0.3) is 0 Å². The molecule has 0 radical (unpaired) electrons. The fraction of sp³-hybridized carbons (Fsp3) is 0.571. The van der Waals surface area contributed by atoms with Gasteiger partial charge in [0.05, 0.1) is 19.3 Å². The van der Waals surface area contributed by atoms with Gasteiger partial charge in [0.1, 0.15) is 5.75 Å². The zero-order valence-corrected chi connectivity index (χ0v) is 11.6. The van der Waals surface area contributed by atoms with Crippen LogP contribution in [0.1, 0.15) is 31.4 Å². The molecule has 0 aliphatic carbocycles. The first-order valence-electron chi connectivity index (χ1n) is 6.41. The molecule has 0 aliphatic rings. The third-order valence-electron chi connectivity index (χ3n) is 2.99. The topological polar surface area (TPSA) is 44.5 Å². The molecule has 1 aromatic rings. The van der Waals surface area contributed by atoms with Gasteiger partial charge in [0.15, 0.2) is 0 Å². The van der Waals surface area contributed by atoms with Crippen LogP contribution in [-0.4, -0.2) is 26.0 Å². The van der Waals surface area contributed by atoms with Crippen LogP contribution in [0.4, 0.5) is 13.2 Å². The molecule has 0 fully saturated rings. The van der Waals surface area contributed by atoms with Gasteiger partial charge in [-0.3, -0.25) is 0 Å². The van der Waals surface area contributed by atoms with Gasteiger partial charge in [-0.2, -0.15) is 13.2 Å². The molecule has 1 aromatic carbocycles. The number of alkyl halides is 3. The van der Waals surface area contributed by atoms with Crippen LogP contribution in [-0.2, 0) is 4.74 Å². The smallest absolute Gasteiger partial charge is 0.389 e. The summed E-state index contributed by atoms with van der Waals surface area (Å²) in [7, 11) is 1.57. The highest BCUT2D eigenvalue weighted by Crippen LogP contribution is 2.23. The maximum Gasteiger partial charge on any atom is 0.389 e. The molecule has 20 heavy (non-hydrogen) atoms. The van der Waals surface area contributed by atoms with Crippen LogP contribution in [0, 0.1) is 0 Å². The molecule has 114 valence electrons. The minimum absolute atomic E-state index is 0.0462. The average molecular weight is 291 g/mol. The van der Waals surface area contributed by atoms with E-state index in [0.29, 0.717) is 0 Å². The largest absolute Gasteiger partial charge is 0.497 e. The Morgan fingerprint density at radius 2 is 1.80 bits per heavy atom. The number of rotatable bonds is 7. The van der Waals surface area contributed by atoms with Crippen molar-refractivity contribution in [2.24, 2.45) is 5.73 Å². The molecule has 2 N–H and O–H groups in total. The summed E-state index contributed by atoms with van der Waals surface area (Å²) in [5.41, 5.74) is 6.87. The molecule has 0 bridgehead atoms. The lowest BCUT2D eigenvalue weighted by molar-refractivity contribution is -0.138. The summed E-state index contributed by atoms with van der Waals surface area (Å²) < 4.78 is 46.3. The van der Waals surface area contributed by atoms with Crippen molar-refractivity contribution < 1.29 is 22.6 Å². The number of methoxy groups -OCH3 is 1. The van der Waals surface area contributed by atoms with E-state index in [-0.39, 0.29) is 25.2 Å². The molecule has 0 saturated carbocycles. The Morgan fingerprint density at radius 3 is 2.30 bits per heavy atom. The molecule has 2 unspecified atom stereocenters. The van der Waals surface area contributed by atoms with Crippen LogP contribution >= 0.6 is 0 Å². The molecule has 0 heterocycles. The van der Waals surface area contributed by atoms with Crippen LogP contribution in [0.25, 0.3) is 0 Å². The predicted octanol–water partition coefficient (Wildman–Crippen LogP) is 3.44. The van der Waals surface area contributed by atoms with E-state index in [1.54, 1.807) is 26.2 Å². The normalized spacial score (nSPS) is 14.9. The van der Waals surface area contributed by atoms with Gasteiger partial charge in [-0.05, 0) is 31.0 Å². The Labute approximate surface area is 116 Å². The summed E-state index contributed by atoms with van der Waals surface area (Å²) in [6, 6.07) is 6.82. The van der Waals surface area contributed by atoms with Crippen molar-refractivity contribution in [1.29, 1.82) is 0 Å². The van der Waals surface area contributed by atoms with Crippen LogP contribution < -0.4 is 10.5 Å². The monoisotopic (exact) mass is 291 g/mol. The van der Waals surface area contributed by atoms with Crippen molar-refractivity contribution in [3.8, 4) is 5.75 Å². The van der Waals surface area contributed by atoms with E-state index < -0.39 is 12.6 Å². The van der Waals surface area contributed by atoms with E-state index in [9.17, 15) is 13.2 Å². The van der Waals surface area contributed by atoms with Crippen LogP contribution in [0.3, 0.4) is 0 Å². The van der Waals surface area contributed by atoms with Crippen molar-refractivity contribution in [3.63, 3.8) is 0 Å². The second-order valence-corrected chi connectivity index (χ2v) is 4.59. The maximum atomic E-state index is 12.0. The molecular formula is C14H20F3NO2. The fourth-order valence-corrected chi connectivity index (χ4v) is 1.74. The molecule has 0 aliphatic heterocycles. The maximum absolute atomic E-state index is 12.0. The molecule has 0 saturated heterocycles. The van der Waals surface area contributed by atoms with Gasteiger partial charge < -0.3 is 15.2 Å². The molecule has 3 nitrogen and oxygen atoms in total. The lowest BCUT2D eigenvalue weighted by Gasteiger charge is -2.21. The molecular weight excluding hydrogens is 271 g/mol. The Hall–Kier alpha value is -1.27. The van der Waals surface area contributed by atoms with Gasteiger partial charge in [0, 0.05) is 13.0 Å². The van der Waals surface area contributed by atoms with Gasteiger partial charge in [-0.1, -0.05) is 12.1 Å². The first kappa shape index (κ1) is 16.8. The second-order valence-electron chi connectivity index (χ2n) is 4.59. The summed E-state index contributed by atoms with van der Waals surface area (Å²) in [6.07, 6.45) is -5.37.